The number of halogens is 3. The zero-order valence-corrected chi connectivity index (χ0v) is 18.9. The van der Waals surface area contributed by atoms with Gasteiger partial charge in [0.25, 0.3) is 11.9 Å². The van der Waals surface area contributed by atoms with Crippen LogP contribution in [0.15, 0.2) is 47.1 Å². The van der Waals surface area contributed by atoms with E-state index in [2.05, 4.69) is 15.6 Å². The molecule has 35 heavy (non-hydrogen) atoms. The summed E-state index contributed by atoms with van der Waals surface area (Å²) < 4.78 is 50.0. The van der Waals surface area contributed by atoms with Gasteiger partial charge in [-0.05, 0) is 55.2 Å². The monoisotopic (exact) mass is 487 g/mol. The third kappa shape index (κ3) is 6.00. The molecule has 0 radical (unpaired) electrons. The number of benzene rings is 2. The molecule has 0 aliphatic heterocycles. The number of ether oxygens (including phenoxy) is 1. The number of nitrogens with zero attached hydrogens (tertiary/aromatic N) is 1. The molecule has 0 saturated heterocycles. The van der Waals surface area contributed by atoms with Gasteiger partial charge in [-0.15, -0.1) is 0 Å². The van der Waals surface area contributed by atoms with Crippen LogP contribution in [0.3, 0.4) is 0 Å². The Morgan fingerprint density at radius 3 is 2.40 bits per heavy atom. The Morgan fingerprint density at radius 2 is 1.71 bits per heavy atom. The van der Waals surface area contributed by atoms with Crippen molar-refractivity contribution in [1.29, 1.82) is 0 Å². The average Bonchev–Trinajstić information content (AvgIpc) is 3.32. The van der Waals surface area contributed by atoms with E-state index in [4.69, 9.17) is 9.15 Å². The highest BCUT2D eigenvalue weighted by Gasteiger charge is 2.24. The number of esters is 1. The number of hydrogen-bond donors (Lipinski definition) is 2. The van der Waals surface area contributed by atoms with Gasteiger partial charge in [0.05, 0.1) is 12.8 Å². The summed E-state index contributed by atoms with van der Waals surface area (Å²) in [6, 6.07) is 8.28. The third-order valence-electron chi connectivity index (χ3n) is 6.16. The SMILES string of the molecule is COC(=O)C[C@H]1CC[C@H](c2ccc(NC(=O)c3coc(Nc4cc(F)c(F)cc4F)n3)cc2)CC1. The highest BCUT2D eigenvalue weighted by Crippen LogP contribution is 2.37. The molecule has 1 aliphatic rings. The van der Waals surface area contributed by atoms with Gasteiger partial charge >= 0.3 is 5.97 Å². The summed E-state index contributed by atoms with van der Waals surface area (Å²) in [5.74, 6) is -3.56. The Balaban J connectivity index is 1.32. The number of hydrogen-bond acceptors (Lipinski definition) is 6. The van der Waals surface area contributed by atoms with E-state index in [9.17, 15) is 22.8 Å². The van der Waals surface area contributed by atoms with Crippen LogP contribution in [-0.2, 0) is 9.53 Å². The summed E-state index contributed by atoms with van der Waals surface area (Å²) >= 11 is 0. The molecule has 2 aromatic carbocycles. The summed E-state index contributed by atoms with van der Waals surface area (Å²) in [6.07, 6.45) is 5.44. The lowest BCUT2D eigenvalue weighted by Crippen LogP contribution is -2.17. The largest absolute Gasteiger partial charge is 0.469 e. The topological polar surface area (TPSA) is 93.5 Å². The molecule has 10 heteroatoms. The van der Waals surface area contributed by atoms with Gasteiger partial charge in [-0.1, -0.05) is 12.1 Å². The predicted molar refractivity (Wildman–Crippen MR) is 122 cm³/mol. The van der Waals surface area contributed by atoms with Crippen molar-refractivity contribution >= 4 is 29.3 Å². The number of oxazole rings is 1. The summed E-state index contributed by atoms with van der Waals surface area (Å²) in [7, 11) is 1.41. The first kappa shape index (κ1) is 24.3. The molecular weight excluding hydrogens is 463 g/mol. The predicted octanol–water partition coefficient (Wildman–Crippen LogP) is 5.92. The smallest absolute Gasteiger partial charge is 0.305 e. The third-order valence-corrected chi connectivity index (χ3v) is 6.16. The number of carbonyl (C=O) groups is 2. The molecule has 1 amide bonds. The van der Waals surface area contributed by atoms with Gasteiger partial charge in [-0.25, -0.2) is 13.2 Å². The number of carbonyl (C=O) groups excluding carboxylic acids is 2. The van der Waals surface area contributed by atoms with Gasteiger partial charge in [-0.2, -0.15) is 4.98 Å². The van der Waals surface area contributed by atoms with Gasteiger partial charge in [0.1, 0.15) is 12.1 Å². The van der Waals surface area contributed by atoms with Crippen LogP contribution in [0, 0.1) is 23.4 Å². The van der Waals surface area contributed by atoms with E-state index >= 15 is 0 Å². The van der Waals surface area contributed by atoms with Gasteiger partial charge in [0.15, 0.2) is 17.3 Å². The lowest BCUT2D eigenvalue weighted by Gasteiger charge is -2.28. The van der Waals surface area contributed by atoms with Gasteiger partial charge < -0.3 is 19.8 Å². The molecule has 1 heterocycles. The van der Waals surface area contributed by atoms with Gasteiger partial charge in [0, 0.05) is 24.2 Å². The van der Waals surface area contributed by atoms with E-state index < -0.39 is 23.4 Å². The molecule has 1 fully saturated rings. The Bertz CT molecular complexity index is 1210. The molecule has 3 aromatic rings. The number of aromatic nitrogens is 1. The van der Waals surface area contributed by atoms with Crippen LogP contribution in [0.4, 0.5) is 30.6 Å². The zero-order valence-electron chi connectivity index (χ0n) is 18.9. The molecular formula is C25H24F3N3O4. The molecule has 7 nitrogen and oxygen atoms in total. The van der Waals surface area contributed by atoms with Crippen molar-refractivity contribution in [3.63, 3.8) is 0 Å². The highest BCUT2D eigenvalue weighted by molar-refractivity contribution is 6.02. The van der Waals surface area contributed by atoms with Crippen molar-refractivity contribution in [1.82, 2.24) is 4.98 Å². The summed E-state index contributed by atoms with van der Waals surface area (Å²) in [6.45, 7) is 0. The summed E-state index contributed by atoms with van der Waals surface area (Å²) in [4.78, 5) is 27.9. The zero-order chi connectivity index (χ0) is 24.9. The summed E-state index contributed by atoms with van der Waals surface area (Å²) in [5.41, 5.74) is 1.26. The van der Waals surface area contributed by atoms with Crippen molar-refractivity contribution in [2.45, 2.75) is 38.0 Å². The summed E-state index contributed by atoms with van der Waals surface area (Å²) in [5, 5.41) is 5.08. The lowest BCUT2D eigenvalue weighted by molar-refractivity contribution is -0.142. The molecule has 0 bridgehead atoms. The van der Waals surface area contributed by atoms with E-state index in [1.807, 2.05) is 12.1 Å². The van der Waals surface area contributed by atoms with Crippen molar-refractivity contribution in [2.75, 3.05) is 17.7 Å². The maximum Gasteiger partial charge on any atom is 0.305 e. The fourth-order valence-corrected chi connectivity index (χ4v) is 4.22. The van der Waals surface area contributed by atoms with E-state index in [1.54, 1.807) is 12.1 Å². The number of methoxy groups -OCH3 is 1. The van der Waals surface area contributed by atoms with Crippen LogP contribution >= 0.6 is 0 Å². The standard InChI is InChI=1S/C25H24F3N3O4/c1-34-23(32)10-14-2-4-15(5-3-14)16-6-8-17(9-7-16)29-24(33)22-13-35-25(31-22)30-21-12-19(27)18(26)11-20(21)28/h6-9,11-15H,2-5,10H2,1H3,(H,29,33)(H,30,31)/t14-,15-. The highest BCUT2D eigenvalue weighted by atomic mass is 19.2. The van der Waals surface area contributed by atoms with Crippen LogP contribution in [0.5, 0.6) is 0 Å². The van der Waals surface area contributed by atoms with Crippen LogP contribution in [0.25, 0.3) is 0 Å². The number of rotatable bonds is 7. The van der Waals surface area contributed by atoms with Crippen LogP contribution in [0.1, 0.15) is 54.1 Å². The molecule has 1 saturated carbocycles. The first-order chi connectivity index (χ1) is 16.8. The second-order valence-electron chi connectivity index (χ2n) is 8.48. The second-order valence-corrected chi connectivity index (χ2v) is 8.48. The Kier molecular flexibility index (Phi) is 7.38. The molecule has 1 aliphatic carbocycles. The maximum absolute atomic E-state index is 13.8. The fraction of sp³-hybridized carbons (Fsp3) is 0.320. The van der Waals surface area contributed by atoms with Crippen molar-refractivity contribution < 1.29 is 31.9 Å². The molecule has 2 N–H and O–H groups in total. The van der Waals surface area contributed by atoms with Crippen LogP contribution < -0.4 is 10.6 Å². The van der Waals surface area contributed by atoms with Crippen molar-refractivity contribution in [3.8, 4) is 0 Å². The van der Waals surface area contributed by atoms with Crippen molar-refractivity contribution in [3.05, 3.63) is 71.4 Å². The second kappa shape index (κ2) is 10.6. The first-order valence-corrected chi connectivity index (χ1v) is 11.2. The van der Waals surface area contributed by atoms with Gasteiger partial charge in [0.2, 0.25) is 0 Å². The Hall–Kier alpha value is -3.82. The molecule has 0 spiro atoms. The maximum atomic E-state index is 13.8. The fourth-order valence-electron chi connectivity index (χ4n) is 4.22. The molecule has 0 unspecified atom stereocenters. The lowest BCUT2D eigenvalue weighted by atomic mass is 9.77. The van der Waals surface area contributed by atoms with E-state index in [1.165, 1.54) is 12.7 Å². The van der Waals surface area contributed by atoms with E-state index in [-0.39, 0.29) is 23.4 Å². The van der Waals surface area contributed by atoms with Crippen LogP contribution in [0.2, 0.25) is 0 Å². The first-order valence-electron chi connectivity index (χ1n) is 11.2. The Labute approximate surface area is 199 Å². The number of anilines is 3. The molecule has 4 rings (SSSR count). The normalized spacial score (nSPS) is 17.6. The quantitative estimate of drug-likeness (QED) is 0.317. The minimum absolute atomic E-state index is 0.0801. The molecule has 1 aromatic heterocycles. The van der Waals surface area contributed by atoms with Gasteiger partial charge in [-0.3, -0.25) is 9.59 Å². The average molecular weight is 487 g/mol. The van der Waals surface area contributed by atoms with E-state index in [0.717, 1.165) is 31.9 Å². The number of amides is 1. The van der Waals surface area contributed by atoms with Crippen molar-refractivity contribution in [2.24, 2.45) is 5.92 Å². The molecule has 184 valence electrons. The number of nitrogens with one attached hydrogen (secondary N) is 2. The molecule has 0 atom stereocenters. The van der Waals surface area contributed by atoms with Crippen LogP contribution in [-0.4, -0.2) is 24.0 Å². The van der Waals surface area contributed by atoms with E-state index in [0.29, 0.717) is 36.1 Å². The Morgan fingerprint density at radius 1 is 1.03 bits per heavy atom. The minimum Gasteiger partial charge on any atom is -0.469 e. The minimum atomic E-state index is -1.32.